The van der Waals surface area contributed by atoms with Crippen molar-refractivity contribution in [3.05, 3.63) is 102 Å². The Bertz CT molecular complexity index is 1600. The largest absolute Gasteiger partial charge is 0.459 e. The Hall–Kier alpha value is -3.87. The van der Waals surface area contributed by atoms with Crippen LogP contribution in [0, 0.1) is 11.3 Å². The van der Waals surface area contributed by atoms with E-state index in [1.165, 1.54) is 29.7 Å². The Morgan fingerprint density at radius 1 is 0.938 bits per heavy atom. The number of thioether (sulfide) groups is 1. The summed E-state index contributed by atoms with van der Waals surface area (Å²) in [5, 5.41) is 3.76. The molecule has 2 aliphatic rings. The molecule has 0 aromatic heterocycles. The monoisotopic (exact) mass is 685 g/mol. The van der Waals surface area contributed by atoms with Crippen molar-refractivity contribution in [1.29, 1.82) is 0 Å². The summed E-state index contributed by atoms with van der Waals surface area (Å²) in [6.07, 6.45) is 5.30. The lowest BCUT2D eigenvalue weighted by molar-refractivity contribution is -0.147. The Labute approximate surface area is 288 Å². The van der Waals surface area contributed by atoms with Crippen LogP contribution in [-0.2, 0) is 28.7 Å². The van der Waals surface area contributed by atoms with E-state index in [1.54, 1.807) is 5.41 Å². The average Bonchev–Trinajstić information content (AvgIpc) is 3.08. The van der Waals surface area contributed by atoms with Gasteiger partial charge in [-0.1, -0.05) is 112 Å². The van der Waals surface area contributed by atoms with Crippen LogP contribution in [0.3, 0.4) is 0 Å². The zero-order chi connectivity index (χ0) is 34.3. The lowest BCUT2D eigenvalue weighted by Crippen LogP contribution is -2.58. The summed E-state index contributed by atoms with van der Waals surface area (Å²) in [6.45, 7) is 4.59. The molecule has 48 heavy (non-hydrogen) atoms. The molecule has 252 valence electrons. The third-order valence-electron chi connectivity index (χ3n) is 9.56. The number of hydrogen-bond acceptors (Lipinski definition) is 7. The summed E-state index contributed by atoms with van der Waals surface area (Å²) >= 11 is 1.29. The van der Waals surface area contributed by atoms with Gasteiger partial charge in [0.15, 0.2) is 5.78 Å². The van der Waals surface area contributed by atoms with Crippen LogP contribution in [0.2, 0.25) is 0 Å². The molecule has 7 nitrogen and oxygen atoms in total. The van der Waals surface area contributed by atoms with Crippen molar-refractivity contribution < 1.29 is 28.7 Å². The quantitative estimate of drug-likeness (QED) is 0.0972. The number of amides is 1. The topological polar surface area (TPSA) is 90.0 Å². The fraction of sp³-hybridized carbons (Fsp3) is 0.359. The molecule has 0 bridgehead atoms. The number of benzene rings is 3. The van der Waals surface area contributed by atoms with Gasteiger partial charge in [0.2, 0.25) is 5.91 Å². The Morgan fingerprint density at radius 2 is 1.48 bits per heavy atom. The van der Waals surface area contributed by atoms with Gasteiger partial charge in [-0.3, -0.25) is 14.5 Å². The molecule has 0 spiro atoms. The van der Waals surface area contributed by atoms with Crippen molar-refractivity contribution in [3.63, 3.8) is 0 Å². The molecule has 1 aliphatic heterocycles. The van der Waals surface area contributed by atoms with Gasteiger partial charge >= 0.3 is 11.9 Å². The number of ether oxygens (including phenoxy) is 2. The highest BCUT2D eigenvalue weighted by molar-refractivity contribution is 8.03. The molecular weight excluding hydrogens is 641 g/mol. The highest BCUT2D eigenvalue weighted by Crippen LogP contribution is 2.49. The van der Waals surface area contributed by atoms with E-state index in [0.29, 0.717) is 5.92 Å². The third kappa shape index (κ3) is 7.55. The molecule has 3 atom stereocenters. The van der Waals surface area contributed by atoms with Gasteiger partial charge in [0, 0.05) is 13.0 Å². The van der Waals surface area contributed by atoms with E-state index in [0.717, 1.165) is 41.6 Å². The van der Waals surface area contributed by atoms with Crippen LogP contribution in [0.15, 0.2) is 102 Å². The zero-order valence-corrected chi connectivity index (χ0v) is 29.8. The lowest BCUT2D eigenvalue weighted by atomic mass is 9.67. The second-order valence-electron chi connectivity index (χ2n) is 13.1. The maximum absolute atomic E-state index is 14.4. The zero-order valence-electron chi connectivity index (χ0n) is 28.0. The first-order chi connectivity index (χ1) is 23.1. The van der Waals surface area contributed by atoms with Gasteiger partial charge in [0.1, 0.15) is 18.1 Å². The van der Waals surface area contributed by atoms with Crippen LogP contribution in [0.4, 0.5) is 0 Å². The van der Waals surface area contributed by atoms with Crippen LogP contribution >= 0.6 is 18.6 Å². The Morgan fingerprint density at radius 3 is 1.96 bits per heavy atom. The Kier molecular flexibility index (Phi) is 11.5. The van der Waals surface area contributed by atoms with Crippen molar-refractivity contribution in [1.82, 2.24) is 4.90 Å². The number of carbonyl (C=O) groups excluding carboxylic acids is 4. The fourth-order valence-electron chi connectivity index (χ4n) is 6.62. The number of nitrogens with zero attached hydrogens (tertiary/aromatic N) is 1. The second kappa shape index (κ2) is 15.6. The van der Waals surface area contributed by atoms with Crippen LogP contribution < -0.4 is 15.9 Å². The first-order valence-electron chi connectivity index (χ1n) is 16.5. The molecule has 5 rings (SSSR count). The van der Waals surface area contributed by atoms with E-state index in [9.17, 15) is 19.2 Å². The van der Waals surface area contributed by atoms with E-state index in [1.807, 2.05) is 91.0 Å². The standard InChI is InChI=1S/C39H44NO6PS/c1-28(2)39(4)23-14-15-30(26-39)46-36(43)22-24-48-35-25-34(42)40(35)37(38(44)45-27-29(3)41)47(31-16-8-5-9-17-31,32-18-10-6-11-19-32)33-20-12-7-13-21-33/h5-13,16-22,24,28,30,35H,14-15,23,25-27H2,1-4H3/t30-,35-,39-/m0/s1. The minimum Gasteiger partial charge on any atom is -0.459 e. The molecule has 9 heteroatoms. The molecule has 1 saturated heterocycles. The summed E-state index contributed by atoms with van der Waals surface area (Å²) < 4.78 is 11.5. The van der Waals surface area contributed by atoms with Crippen LogP contribution in [0.25, 0.3) is 0 Å². The molecule has 1 heterocycles. The first kappa shape index (κ1) is 35.4. The number of β-lactam (4-membered cyclic amide) rings is 1. The predicted octanol–water partition coefficient (Wildman–Crippen LogP) is 6.20. The minimum atomic E-state index is -3.06. The normalized spacial score (nSPS) is 21.1. The summed E-state index contributed by atoms with van der Waals surface area (Å²) in [4.78, 5) is 54.5. The summed E-state index contributed by atoms with van der Waals surface area (Å²) in [7, 11) is 0. The van der Waals surface area contributed by atoms with Crippen molar-refractivity contribution in [2.75, 3.05) is 6.61 Å². The predicted molar refractivity (Wildman–Crippen MR) is 195 cm³/mol. The number of carbonyl (C=O) groups is 4. The lowest BCUT2D eigenvalue weighted by Gasteiger charge is -2.44. The van der Waals surface area contributed by atoms with Crippen LogP contribution in [0.1, 0.15) is 59.8 Å². The minimum absolute atomic E-state index is 0.126. The van der Waals surface area contributed by atoms with Crippen LogP contribution in [-0.4, -0.2) is 52.0 Å². The maximum Gasteiger partial charge on any atom is 0.356 e. The number of hydrogen-bond donors (Lipinski definition) is 0. The third-order valence-corrected chi connectivity index (χ3v) is 14.8. The second-order valence-corrected chi connectivity index (χ2v) is 17.5. The van der Waals surface area contributed by atoms with Crippen molar-refractivity contribution in [2.24, 2.45) is 11.3 Å². The summed E-state index contributed by atoms with van der Waals surface area (Å²) in [5.74, 6) is -1.18. The molecule has 1 saturated carbocycles. The highest BCUT2D eigenvalue weighted by atomic mass is 32.2. The van der Waals surface area contributed by atoms with Gasteiger partial charge in [-0.25, -0.2) is 9.59 Å². The number of likely N-dealkylation sites (tertiary alicyclic amines) is 1. The highest BCUT2D eigenvalue weighted by Gasteiger charge is 2.47. The number of Topliss-reactive ketones (excluding diaryl/α,β-unsaturated/α-hetero) is 1. The molecule has 3 aromatic rings. The van der Waals surface area contributed by atoms with E-state index in [4.69, 9.17) is 9.47 Å². The van der Waals surface area contributed by atoms with Gasteiger partial charge in [0.05, 0.1) is 11.8 Å². The molecule has 1 amide bonds. The van der Waals surface area contributed by atoms with Gasteiger partial charge in [0.25, 0.3) is 0 Å². The van der Waals surface area contributed by atoms with E-state index in [-0.39, 0.29) is 35.0 Å². The van der Waals surface area contributed by atoms with Gasteiger partial charge in [-0.15, -0.1) is 11.8 Å². The maximum atomic E-state index is 14.4. The molecular formula is C39H44NO6PS. The van der Waals surface area contributed by atoms with Crippen molar-refractivity contribution in [2.45, 2.75) is 71.3 Å². The molecule has 3 aromatic carbocycles. The molecule has 0 N–H and O–H groups in total. The fourth-order valence-corrected chi connectivity index (χ4v) is 12.1. The molecule has 1 aliphatic carbocycles. The Balaban J connectivity index is 1.56. The number of ketones is 1. The summed E-state index contributed by atoms with van der Waals surface area (Å²) in [6, 6.07) is 29.1. The first-order valence-corrected chi connectivity index (χ1v) is 19.2. The number of rotatable bonds is 12. The SMILES string of the molecule is CC(=O)COC(=O)C(N1C(=O)C[C@@H]1SC=CC(=O)O[C@H]1CCC[C@](C)(C(C)C)C1)=P(c1ccccc1)(c1ccccc1)c1ccccc1. The molecule has 0 radical (unpaired) electrons. The van der Waals surface area contributed by atoms with Crippen molar-refractivity contribution in [3.8, 4) is 0 Å². The van der Waals surface area contributed by atoms with Gasteiger partial charge in [-0.05, 0) is 65.3 Å². The van der Waals surface area contributed by atoms with Crippen molar-refractivity contribution >= 4 is 63.6 Å². The summed E-state index contributed by atoms with van der Waals surface area (Å²) in [5.41, 5.74) is 0.344. The van der Waals surface area contributed by atoms with Crippen LogP contribution in [0.5, 0.6) is 0 Å². The van der Waals surface area contributed by atoms with E-state index < -0.39 is 30.8 Å². The van der Waals surface area contributed by atoms with Gasteiger partial charge < -0.3 is 9.47 Å². The smallest absolute Gasteiger partial charge is 0.356 e. The van der Waals surface area contributed by atoms with Gasteiger partial charge in [-0.2, -0.15) is 0 Å². The van der Waals surface area contributed by atoms with E-state index in [2.05, 4.69) is 20.8 Å². The number of esters is 2. The van der Waals surface area contributed by atoms with E-state index >= 15 is 0 Å². The molecule has 2 fully saturated rings. The average molecular weight is 686 g/mol. The molecule has 0 unspecified atom stereocenters.